The lowest BCUT2D eigenvalue weighted by Gasteiger charge is -2.10. The van der Waals surface area contributed by atoms with Crippen LogP contribution in [0.4, 0.5) is 5.69 Å². The number of benzene rings is 1. The van der Waals surface area contributed by atoms with Crippen molar-refractivity contribution in [2.24, 2.45) is 0 Å². The molecule has 6 nitrogen and oxygen atoms in total. The molecule has 3 aromatic rings. The molecule has 1 aliphatic rings. The summed E-state index contributed by atoms with van der Waals surface area (Å²) in [5.41, 5.74) is 3.16. The SMILES string of the molecule is COc1cncc(CC(=O)c2ccc3c(c2)NC(c2cccnc2)O3)c1. The second kappa shape index (κ2) is 6.84. The van der Waals surface area contributed by atoms with E-state index in [4.69, 9.17) is 9.47 Å². The average molecular weight is 347 g/mol. The second-order valence-electron chi connectivity index (χ2n) is 5.97. The number of hydrogen-bond donors (Lipinski definition) is 1. The van der Waals surface area contributed by atoms with Crippen molar-refractivity contribution in [2.45, 2.75) is 12.6 Å². The van der Waals surface area contributed by atoms with Crippen LogP contribution in [-0.4, -0.2) is 22.9 Å². The highest BCUT2D eigenvalue weighted by atomic mass is 16.5. The van der Waals surface area contributed by atoms with Gasteiger partial charge in [0.2, 0.25) is 0 Å². The van der Waals surface area contributed by atoms with Crippen LogP contribution >= 0.6 is 0 Å². The molecule has 2 aromatic heterocycles. The van der Waals surface area contributed by atoms with Crippen LogP contribution in [0, 0.1) is 0 Å². The molecule has 1 aromatic carbocycles. The molecule has 0 fully saturated rings. The number of pyridine rings is 2. The fraction of sp³-hybridized carbons (Fsp3) is 0.150. The highest BCUT2D eigenvalue weighted by Crippen LogP contribution is 2.38. The summed E-state index contributed by atoms with van der Waals surface area (Å²) in [6, 6.07) is 11.0. The summed E-state index contributed by atoms with van der Waals surface area (Å²) in [4.78, 5) is 20.8. The predicted molar refractivity (Wildman–Crippen MR) is 96.5 cm³/mol. The zero-order valence-electron chi connectivity index (χ0n) is 14.2. The van der Waals surface area contributed by atoms with Gasteiger partial charge in [0, 0.05) is 36.1 Å². The molecule has 0 spiro atoms. The molecule has 3 heterocycles. The van der Waals surface area contributed by atoms with Gasteiger partial charge in [0.25, 0.3) is 0 Å². The van der Waals surface area contributed by atoms with Crippen molar-refractivity contribution in [1.29, 1.82) is 0 Å². The fourth-order valence-electron chi connectivity index (χ4n) is 2.86. The van der Waals surface area contributed by atoms with Crippen LogP contribution in [-0.2, 0) is 6.42 Å². The molecule has 0 aliphatic carbocycles. The number of Topliss-reactive ketones (excluding diaryl/α,β-unsaturated/α-hetero) is 1. The summed E-state index contributed by atoms with van der Waals surface area (Å²) < 4.78 is 11.0. The van der Waals surface area contributed by atoms with Crippen LogP contribution in [0.1, 0.15) is 27.7 Å². The topological polar surface area (TPSA) is 73.3 Å². The van der Waals surface area contributed by atoms with Gasteiger partial charge in [-0.2, -0.15) is 0 Å². The van der Waals surface area contributed by atoms with Gasteiger partial charge < -0.3 is 14.8 Å². The minimum Gasteiger partial charge on any atom is -0.495 e. The molecule has 0 radical (unpaired) electrons. The molecule has 1 unspecified atom stereocenters. The van der Waals surface area contributed by atoms with Crippen LogP contribution in [0.25, 0.3) is 0 Å². The van der Waals surface area contributed by atoms with E-state index in [-0.39, 0.29) is 18.4 Å². The molecule has 4 rings (SSSR count). The van der Waals surface area contributed by atoms with Crippen molar-refractivity contribution in [3.8, 4) is 11.5 Å². The molecule has 0 saturated heterocycles. The van der Waals surface area contributed by atoms with E-state index in [1.165, 1.54) is 0 Å². The van der Waals surface area contributed by atoms with Gasteiger partial charge in [-0.3, -0.25) is 14.8 Å². The van der Waals surface area contributed by atoms with E-state index in [1.54, 1.807) is 38.0 Å². The molecule has 1 N–H and O–H groups in total. The molecule has 1 aliphatic heterocycles. The number of anilines is 1. The quantitative estimate of drug-likeness (QED) is 0.713. The molecular weight excluding hydrogens is 330 g/mol. The summed E-state index contributed by atoms with van der Waals surface area (Å²) in [5, 5.41) is 3.28. The number of rotatable bonds is 5. The Labute approximate surface area is 150 Å². The van der Waals surface area contributed by atoms with E-state index < -0.39 is 0 Å². The highest BCUT2D eigenvalue weighted by Gasteiger charge is 2.24. The highest BCUT2D eigenvalue weighted by molar-refractivity contribution is 5.98. The number of nitrogens with one attached hydrogen (secondary N) is 1. The lowest BCUT2D eigenvalue weighted by atomic mass is 10.0. The van der Waals surface area contributed by atoms with Crippen molar-refractivity contribution in [3.63, 3.8) is 0 Å². The van der Waals surface area contributed by atoms with E-state index in [0.29, 0.717) is 11.3 Å². The van der Waals surface area contributed by atoms with Crippen LogP contribution < -0.4 is 14.8 Å². The first-order valence-corrected chi connectivity index (χ1v) is 8.21. The van der Waals surface area contributed by atoms with E-state index in [1.807, 2.05) is 30.3 Å². The van der Waals surface area contributed by atoms with E-state index in [9.17, 15) is 4.79 Å². The largest absolute Gasteiger partial charge is 0.495 e. The van der Waals surface area contributed by atoms with Gasteiger partial charge in [0.15, 0.2) is 12.0 Å². The molecular formula is C20H17N3O3. The first-order valence-electron chi connectivity index (χ1n) is 8.21. The molecule has 0 saturated carbocycles. The van der Waals surface area contributed by atoms with Crippen LogP contribution in [0.15, 0.2) is 61.2 Å². The van der Waals surface area contributed by atoms with Crippen molar-refractivity contribution in [3.05, 3.63) is 77.9 Å². The van der Waals surface area contributed by atoms with Crippen molar-refractivity contribution < 1.29 is 14.3 Å². The zero-order chi connectivity index (χ0) is 17.9. The number of aromatic nitrogens is 2. The monoisotopic (exact) mass is 347 g/mol. The van der Waals surface area contributed by atoms with Crippen LogP contribution in [0.3, 0.4) is 0 Å². The Balaban J connectivity index is 1.51. The third-order valence-electron chi connectivity index (χ3n) is 4.19. The van der Waals surface area contributed by atoms with E-state index >= 15 is 0 Å². The summed E-state index contributed by atoms with van der Waals surface area (Å²) in [7, 11) is 1.58. The lowest BCUT2D eigenvalue weighted by Crippen LogP contribution is -2.10. The second-order valence-corrected chi connectivity index (χ2v) is 5.97. The summed E-state index contributed by atoms with van der Waals surface area (Å²) in [6.45, 7) is 0. The molecule has 6 heteroatoms. The number of fused-ring (bicyclic) bond motifs is 1. The third-order valence-corrected chi connectivity index (χ3v) is 4.19. The Kier molecular flexibility index (Phi) is 4.23. The first kappa shape index (κ1) is 16.1. The summed E-state index contributed by atoms with van der Waals surface area (Å²) >= 11 is 0. The number of ether oxygens (including phenoxy) is 2. The molecule has 26 heavy (non-hydrogen) atoms. The van der Waals surface area contributed by atoms with Gasteiger partial charge in [0.05, 0.1) is 19.0 Å². The van der Waals surface area contributed by atoms with Crippen molar-refractivity contribution in [2.75, 3.05) is 12.4 Å². The summed E-state index contributed by atoms with van der Waals surface area (Å²) in [6.07, 6.45) is 6.72. The van der Waals surface area contributed by atoms with Crippen molar-refractivity contribution >= 4 is 11.5 Å². The number of hydrogen-bond acceptors (Lipinski definition) is 6. The number of ketones is 1. The zero-order valence-corrected chi connectivity index (χ0v) is 14.2. The number of nitrogens with zero attached hydrogens (tertiary/aromatic N) is 2. The fourth-order valence-corrected chi connectivity index (χ4v) is 2.86. The Bertz CT molecular complexity index is 944. The van der Waals surface area contributed by atoms with E-state index in [0.717, 1.165) is 22.6 Å². The Hall–Kier alpha value is -3.41. The molecule has 130 valence electrons. The number of methoxy groups -OCH3 is 1. The van der Waals surface area contributed by atoms with Crippen molar-refractivity contribution in [1.82, 2.24) is 9.97 Å². The first-order chi connectivity index (χ1) is 12.7. The molecule has 1 atom stereocenters. The van der Waals surface area contributed by atoms with Gasteiger partial charge in [-0.15, -0.1) is 0 Å². The lowest BCUT2D eigenvalue weighted by molar-refractivity contribution is 0.0993. The summed E-state index contributed by atoms with van der Waals surface area (Å²) in [5.74, 6) is 1.37. The van der Waals surface area contributed by atoms with Gasteiger partial charge in [-0.1, -0.05) is 6.07 Å². The smallest absolute Gasteiger partial charge is 0.198 e. The van der Waals surface area contributed by atoms with E-state index in [2.05, 4.69) is 15.3 Å². The molecule has 0 bridgehead atoms. The number of carbonyl (C=O) groups is 1. The van der Waals surface area contributed by atoms with Gasteiger partial charge in [0.1, 0.15) is 11.5 Å². The minimum atomic E-state index is -0.299. The van der Waals surface area contributed by atoms with Gasteiger partial charge >= 0.3 is 0 Å². The average Bonchev–Trinajstić information content (AvgIpc) is 3.12. The maximum Gasteiger partial charge on any atom is 0.198 e. The van der Waals surface area contributed by atoms with Gasteiger partial charge in [-0.25, -0.2) is 0 Å². The Morgan fingerprint density at radius 2 is 2.12 bits per heavy atom. The standard InChI is InChI=1S/C20H17N3O3/c1-25-16-7-13(10-22-12-16)8-18(24)14-4-5-19-17(9-14)23-20(26-19)15-3-2-6-21-11-15/h2-7,9-12,20,23H,8H2,1H3. The van der Waals surface area contributed by atoms with Crippen LogP contribution in [0.2, 0.25) is 0 Å². The normalized spacial score (nSPS) is 14.9. The minimum absolute atomic E-state index is 0.00878. The molecule has 0 amide bonds. The maximum atomic E-state index is 12.6. The predicted octanol–water partition coefficient (Wildman–Crippen LogP) is 3.41. The van der Waals surface area contributed by atoms with Crippen LogP contribution in [0.5, 0.6) is 11.5 Å². The third kappa shape index (κ3) is 3.21. The number of carbonyl (C=O) groups excluding carboxylic acids is 1. The Morgan fingerprint density at radius 3 is 2.92 bits per heavy atom. The van der Waals surface area contributed by atoms with Gasteiger partial charge in [-0.05, 0) is 35.9 Å². The maximum absolute atomic E-state index is 12.6. The Morgan fingerprint density at radius 1 is 1.19 bits per heavy atom.